The van der Waals surface area contributed by atoms with Crippen molar-refractivity contribution in [3.8, 4) is 0 Å². The van der Waals surface area contributed by atoms with Gasteiger partial charge >= 0.3 is 6.16 Å². The minimum atomic E-state index is -1.83. The Balaban J connectivity index is 0.000000837. The minimum absolute atomic E-state index is 0.111. The molecule has 0 aliphatic rings. The number of rotatable bonds is 7. The summed E-state index contributed by atoms with van der Waals surface area (Å²) in [6, 6.07) is 19.7. The molecule has 1 heterocycles. The molecule has 3 N–H and O–H groups in total. The van der Waals surface area contributed by atoms with Gasteiger partial charge in [0.1, 0.15) is 17.2 Å². The normalized spacial score (nSPS) is 10.2. The van der Waals surface area contributed by atoms with E-state index in [0.29, 0.717) is 30.3 Å². The van der Waals surface area contributed by atoms with Crippen molar-refractivity contribution in [3.63, 3.8) is 0 Å². The molecule has 166 valence electrons. The van der Waals surface area contributed by atoms with E-state index in [-0.39, 0.29) is 5.91 Å². The fraction of sp³-hybridized carbons (Fsp3) is 0.167. The van der Waals surface area contributed by atoms with E-state index in [2.05, 4.69) is 15.3 Å². The number of para-hydroxylation sites is 1. The number of aryl methyl sites for hydroxylation is 1. The number of hydrogen-bond donors (Lipinski definition) is 3. The van der Waals surface area contributed by atoms with Crippen molar-refractivity contribution in [3.05, 3.63) is 96.0 Å². The molecule has 0 unspecified atom stereocenters. The number of hydrogen-bond acceptors (Lipinski definition) is 5. The molecule has 8 nitrogen and oxygen atoms in total. The third-order valence-electron chi connectivity index (χ3n) is 4.24. The molecule has 0 saturated carbocycles. The van der Waals surface area contributed by atoms with Crippen molar-refractivity contribution in [1.29, 1.82) is 0 Å². The summed E-state index contributed by atoms with van der Waals surface area (Å²) in [4.78, 5) is 32.4. The van der Waals surface area contributed by atoms with Crippen LogP contribution in [0.2, 0.25) is 0 Å². The topological polar surface area (TPSA) is 116 Å². The molecule has 8 heteroatoms. The van der Waals surface area contributed by atoms with Crippen LogP contribution in [0.4, 0.5) is 16.3 Å². The van der Waals surface area contributed by atoms with Crippen molar-refractivity contribution < 1.29 is 19.8 Å². The average molecular weight is 434 g/mol. The van der Waals surface area contributed by atoms with E-state index in [4.69, 9.17) is 15.0 Å². The number of anilines is 2. The molecular formula is C24H26N4O4. The minimum Gasteiger partial charge on any atom is -0.450 e. The fourth-order valence-electron chi connectivity index (χ4n) is 2.81. The molecular weight excluding hydrogens is 408 g/mol. The molecule has 3 rings (SSSR count). The third-order valence-corrected chi connectivity index (χ3v) is 4.24. The van der Waals surface area contributed by atoms with Gasteiger partial charge in [0.15, 0.2) is 0 Å². The summed E-state index contributed by atoms with van der Waals surface area (Å²) in [6.45, 7) is 4.79. The molecule has 0 bridgehead atoms. The van der Waals surface area contributed by atoms with E-state index in [1.54, 1.807) is 11.1 Å². The van der Waals surface area contributed by atoms with Crippen LogP contribution >= 0.6 is 0 Å². The summed E-state index contributed by atoms with van der Waals surface area (Å²) >= 11 is 0. The second-order valence-corrected chi connectivity index (χ2v) is 6.69. The smallest absolute Gasteiger partial charge is 0.450 e. The molecule has 2 aromatic carbocycles. The highest BCUT2D eigenvalue weighted by atomic mass is 16.6. The van der Waals surface area contributed by atoms with Gasteiger partial charge in [-0.05, 0) is 31.5 Å². The predicted molar refractivity (Wildman–Crippen MR) is 123 cm³/mol. The largest absolute Gasteiger partial charge is 0.503 e. The summed E-state index contributed by atoms with van der Waals surface area (Å²) < 4.78 is 0. The Bertz CT molecular complexity index is 1040. The highest BCUT2D eigenvalue weighted by Gasteiger charge is 2.20. The average Bonchev–Trinajstić information content (AvgIpc) is 2.77. The number of carboxylic acid groups (broad SMARTS) is 2. The Morgan fingerprint density at radius 1 is 1.03 bits per heavy atom. The lowest BCUT2D eigenvalue weighted by Gasteiger charge is -2.22. The number of allylic oxidation sites excluding steroid dienone is 1. The summed E-state index contributed by atoms with van der Waals surface area (Å²) in [5.41, 5.74) is 2.40. The van der Waals surface area contributed by atoms with Gasteiger partial charge in [-0.25, -0.2) is 14.8 Å². The lowest BCUT2D eigenvalue weighted by Crippen LogP contribution is -2.31. The zero-order valence-electron chi connectivity index (χ0n) is 18.0. The van der Waals surface area contributed by atoms with E-state index in [0.717, 1.165) is 11.3 Å². The SMILES string of the molecule is C/C=C/CN(Cc1ccccc1)C(=O)c1cnc(C)nc1Nc1ccccc1.O=C(O)O. The van der Waals surface area contributed by atoms with Crippen LogP contribution < -0.4 is 5.32 Å². The van der Waals surface area contributed by atoms with Crippen LogP contribution in [0, 0.1) is 6.92 Å². The second kappa shape index (κ2) is 12.5. The molecule has 0 spiro atoms. The molecule has 0 aliphatic heterocycles. The Morgan fingerprint density at radius 2 is 1.62 bits per heavy atom. The maximum Gasteiger partial charge on any atom is 0.503 e. The number of carbonyl (C=O) groups is 2. The fourth-order valence-corrected chi connectivity index (χ4v) is 2.81. The zero-order chi connectivity index (χ0) is 23.3. The number of benzene rings is 2. The first-order valence-electron chi connectivity index (χ1n) is 9.92. The van der Waals surface area contributed by atoms with E-state index < -0.39 is 6.16 Å². The standard InChI is InChI=1S/C23H24N4O.CH2O3/c1-3-4-15-27(17-19-11-7-5-8-12-19)23(28)21-16-24-18(2)25-22(21)26-20-13-9-6-10-14-20;2-1(3)4/h3-14,16H,15,17H2,1-2H3,(H,24,25,26);(H2,2,3,4)/b4-3+;. The lowest BCUT2D eigenvalue weighted by atomic mass is 10.2. The molecule has 0 radical (unpaired) electrons. The third kappa shape index (κ3) is 7.91. The highest BCUT2D eigenvalue weighted by Crippen LogP contribution is 2.21. The summed E-state index contributed by atoms with van der Waals surface area (Å²) in [6.07, 6.45) is 3.68. The van der Waals surface area contributed by atoms with Gasteiger partial charge in [0, 0.05) is 25.0 Å². The van der Waals surface area contributed by atoms with Crippen molar-refractivity contribution in [1.82, 2.24) is 14.9 Å². The van der Waals surface area contributed by atoms with Gasteiger partial charge in [-0.1, -0.05) is 60.7 Å². The Kier molecular flexibility index (Phi) is 9.39. The number of aromatic nitrogens is 2. The molecule has 0 fully saturated rings. The van der Waals surface area contributed by atoms with Crippen molar-refractivity contribution in [2.24, 2.45) is 0 Å². The van der Waals surface area contributed by atoms with Crippen LogP contribution in [0.15, 0.2) is 79.0 Å². The van der Waals surface area contributed by atoms with Gasteiger partial charge in [-0.15, -0.1) is 0 Å². The monoisotopic (exact) mass is 434 g/mol. The summed E-state index contributed by atoms with van der Waals surface area (Å²) in [7, 11) is 0. The van der Waals surface area contributed by atoms with E-state index in [1.807, 2.05) is 86.7 Å². The lowest BCUT2D eigenvalue weighted by molar-refractivity contribution is 0.0762. The first-order valence-corrected chi connectivity index (χ1v) is 9.92. The van der Waals surface area contributed by atoms with Crippen LogP contribution in [-0.2, 0) is 6.54 Å². The van der Waals surface area contributed by atoms with Gasteiger partial charge < -0.3 is 20.4 Å². The van der Waals surface area contributed by atoms with E-state index in [1.165, 1.54) is 0 Å². The summed E-state index contributed by atoms with van der Waals surface area (Å²) in [5, 5.41) is 17.2. The van der Waals surface area contributed by atoms with Gasteiger partial charge in [0.05, 0.1) is 0 Å². The predicted octanol–water partition coefficient (Wildman–Crippen LogP) is 4.97. The van der Waals surface area contributed by atoms with Crippen molar-refractivity contribution in [2.45, 2.75) is 20.4 Å². The first-order chi connectivity index (χ1) is 15.4. The van der Waals surface area contributed by atoms with Crippen LogP contribution in [0.5, 0.6) is 0 Å². The Labute approximate surface area is 186 Å². The van der Waals surface area contributed by atoms with Gasteiger partial charge in [-0.2, -0.15) is 0 Å². The van der Waals surface area contributed by atoms with Crippen LogP contribution in [0.1, 0.15) is 28.7 Å². The molecule has 0 atom stereocenters. The quantitative estimate of drug-likeness (QED) is 0.450. The molecule has 0 saturated heterocycles. The number of amides is 1. The van der Waals surface area contributed by atoms with Crippen molar-refractivity contribution >= 4 is 23.6 Å². The van der Waals surface area contributed by atoms with Crippen LogP contribution in [-0.4, -0.2) is 43.7 Å². The number of nitrogens with one attached hydrogen (secondary N) is 1. The second-order valence-electron chi connectivity index (χ2n) is 6.69. The maximum atomic E-state index is 13.3. The Morgan fingerprint density at radius 3 is 2.22 bits per heavy atom. The molecule has 1 amide bonds. The van der Waals surface area contributed by atoms with E-state index >= 15 is 0 Å². The number of nitrogens with zero attached hydrogens (tertiary/aromatic N) is 3. The van der Waals surface area contributed by atoms with E-state index in [9.17, 15) is 4.79 Å². The molecule has 0 aliphatic carbocycles. The highest BCUT2D eigenvalue weighted by molar-refractivity contribution is 5.99. The van der Waals surface area contributed by atoms with Crippen molar-refractivity contribution in [2.75, 3.05) is 11.9 Å². The van der Waals surface area contributed by atoms with Gasteiger partial charge in [-0.3, -0.25) is 4.79 Å². The number of carbonyl (C=O) groups excluding carboxylic acids is 1. The Hall–Kier alpha value is -4.20. The zero-order valence-corrected chi connectivity index (χ0v) is 18.0. The molecule has 3 aromatic rings. The van der Waals surface area contributed by atoms with Crippen LogP contribution in [0.3, 0.4) is 0 Å². The van der Waals surface area contributed by atoms with Gasteiger partial charge in [0.25, 0.3) is 5.91 Å². The summed E-state index contributed by atoms with van der Waals surface area (Å²) in [5.74, 6) is 1.01. The maximum absolute atomic E-state index is 13.3. The molecule has 1 aromatic heterocycles. The first kappa shape index (κ1) is 24.1. The molecule has 32 heavy (non-hydrogen) atoms. The van der Waals surface area contributed by atoms with Crippen LogP contribution in [0.25, 0.3) is 0 Å². The van der Waals surface area contributed by atoms with Gasteiger partial charge in [0.2, 0.25) is 0 Å².